The SMILES string of the molecule is Oc1c(Cl)cccc1[C@H]1CCCNC1. The first kappa shape index (κ1) is 9.81. The van der Waals surface area contributed by atoms with Crippen molar-refractivity contribution in [1.29, 1.82) is 0 Å². The molecule has 0 aromatic heterocycles. The Morgan fingerprint density at radius 1 is 1.43 bits per heavy atom. The van der Waals surface area contributed by atoms with E-state index in [0.29, 0.717) is 10.9 Å². The first-order valence-corrected chi connectivity index (χ1v) is 5.35. The Balaban J connectivity index is 2.26. The summed E-state index contributed by atoms with van der Waals surface area (Å²) in [6.07, 6.45) is 2.29. The van der Waals surface area contributed by atoms with Crippen LogP contribution in [0, 0.1) is 0 Å². The molecule has 1 aromatic rings. The first-order chi connectivity index (χ1) is 6.79. The molecule has 1 heterocycles. The van der Waals surface area contributed by atoms with E-state index in [-0.39, 0.29) is 5.75 Å². The van der Waals surface area contributed by atoms with E-state index in [0.717, 1.165) is 31.5 Å². The third-order valence-electron chi connectivity index (χ3n) is 2.75. The van der Waals surface area contributed by atoms with Crippen molar-refractivity contribution >= 4 is 11.6 Å². The molecule has 1 saturated heterocycles. The third kappa shape index (κ3) is 1.86. The summed E-state index contributed by atoms with van der Waals surface area (Å²) in [6.45, 7) is 2.02. The fraction of sp³-hybridized carbons (Fsp3) is 0.455. The van der Waals surface area contributed by atoms with Crippen LogP contribution in [0.1, 0.15) is 24.3 Å². The Hall–Kier alpha value is -0.730. The minimum atomic E-state index is 0.253. The number of para-hydroxylation sites is 1. The van der Waals surface area contributed by atoms with E-state index in [9.17, 15) is 5.11 Å². The summed E-state index contributed by atoms with van der Waals surface area (Å²) in [4.78, 5) is 0. The van der Waals surface area contributed by atoms with Gasteiger partial charge in [-0.1, -0.05) is 23.7 Å². The second kappa shape index (κ2) is 4.20. The highest BCUT2D eigenvalue weighted by Gasteiger charge is 2.18. The minimum absolute atomic E-state index is 0.253. The van der Waals surface area contributed by atoms with E-state index in [1.54, 1.807) is 6.07 Å². The molecule has 76 valence electrons. The minimum Gasteiger partial charge on any atom is -0.506 e. The average molecular weight is 212 g/mol. The lowest BCUT2D eigenvalue weighted by Crippen LogP contribution is -2.28. The van der Waals surface area contributed by atoms with Crippen molar-refractivity contribution < 1.29 is 5.11 Å². The van der Waals surface area contributed by atoms with E-state index >= 15 is 0 Å². The lowest BCUT2D eigenvalue weighted by atomic mass is 9.91. The summed E-state index contributed by atoms with van der Waals surface area (Å²) >= 11 is 5.86. The van der Waals surface area contributed by atoms with E-state index in [4.69, 9.17) is 11.6 Å². The van der Waals surface area contributed by atoms with Crippen LogP contribution in [0.5, 0.6) is 5.75 Å². The van der Waals surface area contributed by atoms with Crippen LogP contribution in [-0.2, 0) is 0 Å². The number of phenolic OH excluding ortho intramolecular Hbond substituents is 1. The number of phenols is 1. The maximum absolute atomic E-state index is 9.79. The van der Waals surface area contributed by atoms with E-state index in [1.165, 1.54) is 0 Å². The van der Waals surface area contributed by atoms with Crippen LogP contribution in [-0.4, -0.2) is 18.2 Å². The molecule has 0 saturated carbocycles. The largest absolute Gasteiger partial charge is 0.506 e. The van der Waals surface area contributed by atoms with Crippen LogP contribution in [0.2, 0.25) is 5.02 Å². The fourth-order valence-corrected chi connectivity index (χ4v) is 2.16. The Morgan fingerprint density at radius 3 is 3.00 bits per heavy atom. The van der Waals surface area contributed by atoms with Gasteiger partial charge in [-0.25, -0.2) is 0 Å². The molecule has 1 atom stereocenters. The van der Waals surface area contributed by atoms with Crippen molar-refractivity contribution in [2.24, 2.45) is 0 Å². The van der Waals surface area contributed by atoms with Gasteiger partial charge in [0.05, 0.1) is 5.02 Å². The number of nitrogens with one attached hydrogen (secondary N) is 1. The van der Waals surface area contributed by atoms with Crippen molar-refractivity contribution in [3.8, 4) is 5.75 Å². The lowest BCUT2D eigenvalue weighted by Gasteiger charge is -2.23. The smallest absolute Gasteiger partial charge is 0.137 e. The highest BCUT2D eigenvalue weighted by molar-refractivity contribution is 6.32. The van der Waals surface area contributed by atoms with Gasteiger partial charge in [-0.15, -0.1) is 0 Å². The van der Waals surface area contributed by atoms with Gasteiger partial charge in [-0.3, -0.25) is 0 Å². The van der Waals surface area contributed by atoms with Gasteiger partial charge in [0.15, 0.2) is 0 Å². The van der Waals surface area contributed by atoms with E-state index in [2.05, 4.69) is 5.32 Å². The predicted octanol–water partition coefficient (Wildman–Crippen LogP) is 2.51. The number of aromatic hydroxyl groups is 1. The van der Waals surface area contributed by atoms with Crippen molar-refractivity contribution in [3.63, 3.8) is 0 Å². The topological polar surface area (TPSA) is 32.3 Å². The number of rotatable bonds is 1. The molecule has 1 fully saturated rings. The maximum atomic E-state index is 9.79. The van der Waals surface area contributed by atoms with Crippen LogP contribution in [0.25, 0.3) is 0 Å². The monoisotopic (exact) mass is 211 g/mol. The van der Waals surface area contributed by atoms with Crippen LogP contribution >= 0.6 is 11.6 Å². The van der Waals surface area contributed by atoms with Crippen LogP contribution in [0.15, 0.2) is 18.2 Å². The van der Waals surface area contributed by atoms with Crippen molar-refractivity contribution in [2.45, 2.75) is 18.8 Å². The molecule has 1 aliphatic rings. The molecule has 0 unspecified atom stereocenters. The highest BCUT2D eigenvalue weighted by atomic mass is 35.5. The zero-order valence-corrected chi connectivity index (χ0v) is 8.72. The molecular weight excluding hydrogens is 198 g/mol. The molecule has 2 nitrogen and oxygen atoms in total. The van der Waals surface area contributed by atoms with Crippen molar-refractivity contribution in [3.05, 3.63) is 28.8 Å². The Morgan fingerprint density at radius 2 is 2.29 bits per heavy atom. The van der Waals surface area contributed by atoms with E-state index < -0.39 is 0 Å². The van der Waals surface area contributed by atoms with Gasteiger partial charge in [0.2, 0.25) is 0 Å². The molecule has 2 N–H and O–H groups in total. The average Bonchev–Trinajstić information content (AvgIpc) is 2.23. The second-order valence-corrected chi connectivity index (χ2v) is 4.13. The standard InChI is InChI=1S/C11H14ClNO/c12-10-5-1-4-9(11(10)14)8-3-2-6-13-7-8/h1,4-5,8,13-14H,2-3,6-7H2/t8-/m0/s1. The zero-order valence-electron chi connectivity index (χ0n) is 7.96. The summed E-state index contributed by atoms with van der Waals surface area (Å²) in [5.74, 6) is 0.658. The number of halogens is 1. The number of piperidine rings is 1. The molecule has 0 aliphatic carbocycles. The van der Waals surface area contributed by atoms with Crippen molar-refractivity contribution in [1.82, 2.24) is 5.32 Å². The molecule has 3 heteroatoms. The molecule has 14 heavy (non-hydrogen) atoms. The molecule has 2 rings (SSSR count). The highest BCUT2D eigenvalue weighted by Crippen LogP contribution is 2.34. The quantitative estimate of drug-likeness (QED) is 0.748. The molecule has 0 bridgehead atoms. The normalized spacial score (nSPS) is 22.2. The van der Waals surface area contributed by atoms with Crippen LogP contribution in [0.4, 0.5) is 0 Å². The van der Waals surface area contributed by atoms with Crippen LogP contribution < -0.4 is 5.32 Å². The molecule has 0 spiro atoms. The summed E-state index contributed by atoms with van der Waals surface area (Å²) in [7, 11) is 0. The second-order valence-electron chi connectivity index (χ2n) is 3.72. The summed E-state index contributed by atoms with van der Waals surface area (Å²) in [6, 6.07) is 5.57. The lowest BCUT2D eigenvalue weighted by molar-refractivity contribution is 0.426. The first-order valence-electron chi connectivity index (χ1n) is 4.97. The predicted molar refractivity (Wildman–Crippen MR) is 58.0 cm³/mol. The van der Waals surface area contributed by atoms with Gasteiger partial charge >= 0.3 is 0 Å². The van der Waals surface area contributed by atoms with E-state index in [1.807, 2.05) is 12.1 Å². The van der Waals surface area contributed by atoms with Gasteiger partial charge in [0, 0.05) is 12.5 Å². The van der Waals surface area contributed by atoms with Crippen molar-refractivity contribution in [2.75, 3.05) is 13.1 Å². The third-order valence-corrected chi connectivity index (χ3v) is 3.06. The molecule has 1 aliphatic heterocycles. The number of benzene rings is 1. The fourth-order valence-electron chi connectivity index (χ4n) is 1.98. The molecule has 0 amide bonds. The van der Waals surface area contributed by atoms with Gasteiger partial charge in [-0.05, 0) is 31.0 Å². The number of hydrogen-bond acceptors (Lipinski definition) is 2. The summed E-state index contributed by atoms with van der Waals surface area (Å²) < 4.78 is 0. The van der Waals surface area contributed by atoms with Gasteiger partial charge in [0.1, 0.15) is 5.75 Å². The van der Waals surface area contributed by atoms with Gasteiger partial charge in [0.25, 0.3) is 0 Å². The Labute approximate surface area is 88.9 Å². The molecular formula is C11H14ClNO. The number of hydrogen-bond donors (Lipinski definition) is 2. The summed E-state index contributed by atoms with van der Waals surface area (Å²) in [5, 5.41) is 13.6. The Kier molecular flexibility index (Phi) is 2.94. The van der Waals surface area contributed by atoms with Crippen LogP contribution in [0.3, 0.4) is 0 Å². The Bertz CT molecular complexity index is 321. The molecule has 0 radical (unpaired) electrons. The molecule has 1 aromatic carbocycles. The van der Waals surface area contributed by atoms with Gasteiger partial charge < -0.3 is 10.4 Å². The zero-order chi connectivity index (χ0) is 9.97. The van der Waals surface area contributed by atoms with Gasteiger partial charge in [-0.2, -0.15) is 0 Å². The summed E-state index contributed by atoms with van der Waals surface area (Å²) in [5.41, 5.74) is 0.977. The maximum Gasteiger partial charge on any atom is 0.137 e.